The summed E-state index contributed by atoms with van der Waals surface area (Å²) in [6.07, 6.45) is 4.48. The normalized spacial score (nSPS) is 18.5. The number of nitrogens with one attached hydrogen (secondary N) is 2. The van der Waals surface area contributed by atoms with E-state index in [1.165, 1.54) is 23.3 Å². The smallest absolute Gasteiger partial charge is 0.173 e. The minimum atomic E-state index is -0.306. The maximum Gasteiger partial charge on any atom is 0.173 e. The zero-order chi connectivity index (χ0) is 22.8. The van der Waals surface area contributed by atoms with Crippen molar-refractivity contribution in [2.24, 2.45) is 0 Å². The molecular weight excluding hydrogens is 427 g/mol. The van der Waals surface area contributed by atoms with Crippen LogP contribution in [-0.2, 0) is 0 Å². The molecule has 0 amide bonds. The first-order chi connectivity index (χ1) is 15.4. The molecule has 0 bridgehead atoms. The number of benzene rings is 1. The van der Waals surface area contributed by atoms with E-state index < -0.39 is 0 Å². The van der Waals surface area contributed by atoms with Crippen molar-refractivity contribution < 1.29 is 9.18 Å². The van der Waals surface area contributed by atoms with Crippen LogP contribution in [-0.4, -0.2) is 52.3 Å². The first-order valence-corrected chi connectivity index (χ1v) is 11.4. The van der Waals surface area contributed by atoms with Crippen LogP contribution in [0.5, 0.6) is 0 Å². The maximum atomic E-state index is 13.3. The van der Waals surface area contributed by atoms with E-state index in [4.69, 9.17) is 0 Å². The second-order valence-electron chi connectivity index (χ2n) is 8.18. The van der Waals surface area contributed by atoms with Crippen molar-refractivity contribution in [3.8, 4) is 0 Å². The molecule has 7 nitrogen and oxygen atoms in total. The zero-order valence-corrected chi connectivity index (χ0v) is 19.4. The van der Waals surface area contributed by atoms with E-state index in [-0.39, 0.29) is 5.82 Å². The van der Waals surface area contributed by atoms with Crippen LogP contribution in [0, 0.1) is 12.7 Å². The van der Waals surface area contributed by atoms with Crippen molar-refractivity contribution in [1.82, 2.24) is 19.1 Å². The van der Waals surface area contributed by atoms with Crippen LogP contribution >= 0.6 is 11.5 Å². The number of halogens is 1. The fourth-order valence-corrected chi connectivity index (χ4v) is 4.87. The van der Waals surface area contributed by atoms with E-state index in [2.05, 4.69) is 38.7 Å². The van der Waals surface area contributed by atoms with E-state index in [1.807, 2.05) is 24.4 Å². The Labute approximate surface area is 190 Å². The molecule has 1 aliphatic rings. The Kier molecular flexibility index (Phi) is 6.38. The Morgan fingerprint density at radius 3 is 2.69 bits per heavy atom. The fraction of sp³-hybridized carbons (Fsp3) is 0.348. The largest absolute Gasteiger partial charge is 0.387 e. The van der Waals surface area contributed by atoms with E-state index >= 15 is 0 Å². The number of aromatic nitrogens is 3. The van der Waals surface area contributed by atoms with Gasteiger partial charge in [-0.15, -0.1) is 0 Å². The SMILES string of the molecule is CC1CN(c2ccc(C=O)c3nscc23)CC(C)N1.CNc1cc(F)c2nc(C)cn2c1. The number of aldehydes is 1. The van der Waals surface area contributed by atoms with Crippen LogP contribution < -0.4 is 15.5 Å². The van der Waals surface area contributed by atoms with Gasteiger partial charge >= 0.3 is 0 Å². The number of carbonyl (C=O) groups excluding carboxylic acids is 1. The van der Waals surface area contributed by atoms with Crippen LogP contribution in [0.2, 0.25) is 0 Å². The summed E-state index contributed by atoms with van der Waals surface area (Å²) < 4.78 is 19.4. The third-order valence-electron chi connectivity index (χ3n) is 5.48. The van der Waals surface area contributed by atoms with Gasteiger partial charge in [-0.3, -0.25) is 4.79 Å². The number of nitrogens with zero attached hydrogens (tertiary/aromatic N) is 4. The first kappa shape index (κ1) is 22.2. The Bertz CT molecular complexity index is 1240. The van der Waals surface area contributed by atoms with Crippen LogP contribution in [0.25, 0.3) is 16.6 Å². The summed E-state index contributed by atoms with van der Waals surface area (Å²) in [7, 11) is 1.75. The molecule has 0 saturated carbocycles. The van der Waals surface area contributed by atoms with Gasteiger partial charge in [0.25, 0.3) is 0 Å². The topological polar surface area (TPSA) is 74.6 Å². The monoisotopic (exact) mass is 454 g/mol. The number of fused-ring (bicyclic) bond motifs is 2. The van der Waals surface area contributed by atoms with Crippen molar-refractivity contribution >= 4 is 45.7 Å². The van der Waals surface area contributed by atoms with E-state index in [9.17, 15) is 9.18 Å². The first-order valence-electron chi connectivity index (χ1n) is 10.6. The Balaban J connectivity index is 0.000000165. The maximum absolute atomic E-state index is 13.3. The molecule has 1 aliphatic heterocycles. The zero-order valence-electron chi connectivity index (χ0n) is 18.6. The van der Waals surface area contributed by atoms with Gasteiger partial charge in [-0.05, 0) is 44.4 Å². The van der Waals surface area contributed by atoms with Gasteiger partial charge in [0.05, 0.1) is 16.9 Å². The van der Waals surface area contributed by atoms with Crippen LogP contribution in [0.3, 0.4) is 0 Å². The molecule has 1 saturated heterocycles. The summed E-state index contributed by atoms with van der Waals surface area (Å²) in [5, 5.41) is 9.54. The van der Waals surface area contributed by atoms with Gasteiger partial charge < -0.3 is 19.9 Å². The highest BCUT2D eigenvalue weighted by molar-refractivity contribution is 7.04. The highest BCUT2D eigenvalue weighted by Crippen LogP contribution is 2.31. The van der Waals surface area contributed by atoms with Crippen molar-refractivity contribution in [3.05, 3.63) is 53.0 Å². The van der Waals surface area contributed by atoms with Crippen molar-refractivity contribution in [2.75, 3.05) is 30.4 Å². The Morgan fingerprint density at radius 1 is 1.25 bits per heavy atom. The standard InChI is InChI=1S/C14H17N3OS.C9H10FN3/c1-9-5-17(6-10(2)15-9)13-4-3-11(7-18)14-12(13)8-19-16-14;1-6-4-13-5-7(11-2)3-8(10)9(13)12-6/h3-4,7-10,15H,5-6H2,1-2H3;3-5,11H,1-2H3. The van der Waals surface area contributed by atoms with E-state index in [0.29, 0.717) is 23.3 Å². The molecule has 5 rings (SSSR count). The predicted molar refractivity (Wildman–Crippen MR) is 129 cm³/mol. The number of anilines is 2. The molecule has 9 heteroatoms. The molecule has 4 aromatic rings. The molecular formula is C23H27FN6OS. The molecule has 32 heavy (non-hydrogen) atoms. The van der Waals surface area contributed by atoms with Gasteiger partial charge in [-0.1, -0.05) is 0 Å². The molecule has 3 aromatic heterocycles. The van der Waals surface area contributed by atoms with Crippen LogP contribution in [0.1, 0.15) is 29.9 Å². The second-order valence-corrected chi connectivity index (χ2v) is 8.81. The number of imidazole rings is 1. The Morgan fingerprint density at radius 2 is 2.00 bits per heavy atom. The van der Waals surface area contributed by atoms with E-state index in [0.717, 1.165) is 41.7 Å². The molecule has 4 heterocycles. The van der Waals surface area contributed by atoms with Gasteiger partial charge in [-0.2, -0.15) is 4.37 Å². The van der Waals surface area contributed by atoms with Gasteiger partial charge in [0, 0.05) is 72.7 Å². The third-order valence-corrected chi connectivity index (χ3v) is 6.11. The lowest BCUT2D eigenvalue weighted by atomic mass is 10.1. The molecule has 0 radical (unpaired) electrons. The highest BCUT2D eigenvalue weighted by atomic mass is 32.1. The molecule has 1 fully saturated rings. The number of carbonyl (C=O) groups is 1. The summed E-state index contributed by atoms with van der Waals surface area (Å²) in [6, 6.07) is 6.29. The summed E-state index contributed by atoms with van der Waals surface area (Å²) in [5.74, 6) is -0.306. The summed E-state index contributed by atoms with van der Waals surface area (Å²) >= 11 is 1.41. The number of rotatable bonds is 3. The van der Waals surface area contributed by atoms with Crippen LogP contribution in [0.15, 0.2) is 36.0 Å². The minimum absolute atomic E-state index is 0.306. The van der Waals surface area contributed by atoms with Gasteiger partial charge in [0.15, 0.2) is 17.8 Å². The molecule has 0 aliphatic carbocycles. The third kappa shape index (κ3) is 4.44. The van der Waals surface area contributed by atoms with Crippen molar-refractivity contribution in [1.29, 1.82) is 0 Å². The number of hydrogen-bond donors (Lipinski definition) is 2. The predicted octanol–water partition coefficient (Wildman–Crippen LogP) is 4.12. The quantitative estimate of drug-likeness (QED) is 0.454. The lowest BCUT2D eigenvalue weighted by molar-refractivity contribution is 0.112. The lowest BCUT2D eigenvalue weighted by Gasteiger charge is -2.38. The lowest BCUT2D eigenvalue weighted by Crippen LogP contribution is -2.54. The molecule has 2 unspecified atom stereocenters. The molecule has 2 N–H and O–H groups in total. The second kappa shape index (κ2) is 9.22. The molecule has 2 atom stereocenters. The summed E-state index contributed by atoms with van der Waals surface area (Å²) in [4.78, 5) is 17.5. The average Bonchev–Trinajstić information content (AvgIpc) is 3.39. The molecule has 0 spiro atoms. The molecule has 1 aromatic carbocycles. The Hall–Kier alpha value is -3.04. The number of pyridine rings is 1. The number of aryl methyl sites for hydroxylation is 1. The average molecular weight is 455 g/mol. The van der Waals surface area contributed by atoms with Crippen molar-refractivity contribution in [3.63, 3.8) is 0 Å². The van der Waals surface area contributed by atoms with Gasteiger partial charge in [-0.25, -0.2) is 9.37 Å². The molecule has 168 valence electrons. The van der Waals surface area contributed by atoms with Gasteiger partial charge in [0.1, 0.15) is 0 Å². The van der Waals surface area contributed by atoms with E-state index in [1.54, 1.807) is 23.8 Å². The van der Waals surface area contributed by atoms with Crippen LogP contribution in [0.4, 0.5) is 15.8 Å². The number of hydrogen-bond acceptors (Lipinski definition) is 7. The minimum Gasteiger partial charge on any atom is -0.387 e. The summed E-state index contributed by atoms with van der Waals surface area (Å²) in [5.41, 5.74) is 4.62. The number of piperazine rings is 1. The fourth-order valence-electron chi connectivity index (χ4n) is 4.17. The van der Waals surface area contributed by atoms with Crippen molar-refractivity contribution in [2.45, 2.75) is 32.9 Å². The summed E-state index contributed by atoms with van der Waals surface area (Å²) in [6.45, 7) is 8.20. The highest BCUT2D eigenvalue weighted by Gasteiger charge is 2.23. The van der Waals surface area contributed by atoms with Gasteiger partial charge in [0.2, 0.25) is 0 Å².